The lowest BCUT2D eigenvalue weighted by Gasteiger charge is -2.31. The number of carbonyl (C=O) groups is 3. The highest BCUT2D eigenvalue weighted by molar-refractivity contribution is 8.03. The van der Waals surface area contributed by atoms with E-state index in [-0.39, 0.29) is 27.3 Å². The normalized spacial score (nSPS) is 17.2. The van der Waals surface area contributed by atoms with Crippen LogP contribution in [0, 0.1) is 24.2 Å². The van der Waals surface area contributed by atoms with Crippen LogP contribution < -0.4 is 15.4 Å². The van der Waals surface area contributed by atoms with Crippen molar-refractivity contribution in [1.82, 2.24) is 5.32 Å². The van der Waals surface area contributed by atoms with Crippen LogP contribution in [0.4, 0.5) is 5.69 Å². The van der Waals surface area contributed by atoms with Gasteiger partial charge in [-0.3, -0.25) is 14.4 Å². The van der Waals surface area contributed by atoms with E-state index < -0.39 is 23.7 Å². The number of benzene rings is 2. The van der Waals surface area contributed by atoms with Gasteiger partial charge in [-0.15, -0.1) is 0 Å². The van der Waals surface area contributed by atoms with Crippen LogP contribution in [0.1, 0.15) is 24.0 Å². The Kier molecular flexibility index (Phi) is 9.26. The van der Waals surface area contributed by atoms with Crippen LogP contribution >= 0.6 is 35.0 Å². The first-order valence-electron chi connectivity index (χ1n) is 10.8. The number of methoxy groups -OCH3 is 1. The fraction of sp³-hybridized carbons (Fsp3) is 0.280. The zero-order valence-corrected chi connectivity index (χ0v) is 22.0. The largest absolute Gasteiger partial charge is 0.492 e. The van der Waals surface area contributed by atoms with Crippen LogP contribution in [-0.4, -0.2) is 37.3 Å². The van der Waals surface area contributed by atoms with Crippen molar-refractivity contribution in [3.05, 3.63) is 68.2 Å². The molecule has 2 aromatic rings. The first-order chi connectivity index (χ1) is 17.2. The summed E-state index contributed by atoms with van der Waals surface area (Å²) in [6, 6.07) is 12.0. The van der Waals surface area contributed by atoms with E-state index in [4.69, 9.17) is 32.7 Å². The second kappa shape index (κ2) is 12.2. The van der Waals surface area contributed by atoms with E-state index in [1.165, 1.54) is 7.11 Å². The van der Waals surface area contributed by atoms with Gasteiger partial charge in [0.25, 0.3) is 0 Å². The molecule has 0 saturated heterocycles. The van der Waals surface area contributed by atoms with Gasteiger partial charge in [-0.05, 0) is 49.2 Å². The summed E-state index contributed by atoms with van der Waals surface area (Å²) in [5.74, 6) is -3.77. The fourth-order valence-electron chi connectivity index (χ4n) is 3.67. The topological polar surface area (TPSA) is 118 Å². The number of anilines is 1. The van der Waals surface area contributed by atoms with Gasteiger partial charge in [-0.2, -0.15) is 5.26 Å². The molecule has 0 fully saturated rings. The van der Waals surface area contributed by atoms with E-state index in [0.29, 0.717) is 28.6 Å². The van der Waals surface area contributed by atoms with Gasteiger partial charge in [0.2, 0.25) is 11.8 Å². The number of hydrogen-bond acceptors (Lipinski definition) is 7. The first-order valence-corrected chi connectivity index (χ1v) is 12.6. The number of ether oxygens (including phenoxy) is 2. The minimum Gasteiger partial charge on any atom is -0.492 e. The molecule has 1 heterocycles. The number of amides is 2. The number of nitrogens with one attached hydrogen (secondary N) is 2. The summed E-state index contributed by atoms with van der Waals surface area (Å²) < 4.78 is 10.3. The molecule has 188 valence electrons. The average molecular weight is 548 g/mol. The molecule has 0 aliphatic carbocycles. The Morgan fingerprint density at radius 2 is 1.94 bits per heavy atom. The minimum atomic E-state index is -1.31. The fourth-order valence-corrected chi connectivity index (χ4v) is 4.94. The zero-order chi connectivity index (χ0) is 26.4. The SMILES string of the molecule is CCOc1ccc([C@@H]2C(C#N)=C(SCC(=O)Nc3ccc(C)c(Cl)c3)NC(=O)[C@@H]2C(=O)OC)cc1Cl. The van der Waals surface area contributed by atoms with Crippen molar-refractivity contribution in [2.75, 3.05) is 24.8 Å². The molecule has 36 heavy (non-hydrogen) atoms. The highest BCUT2D eigenvalue weighted by Crippen LogP contribution is 2.42. The van der Waals surface area contributed by atoms with Crippen LogP contribution in [0.15, 0.2) is 47.0 Å². The molecule has 2 aromatic carbocycles. The molecule has 3 rings (SSSR count). The number of nitriles is 1. The average Bonchev–Trinajstić information content (AvgIpc) is 2.85. The first kappa shape index (κ1) is 27.4. The molecule has 0 spiro atoms. The van der Waals surface area contributed by atoms with Gasteiger partial charge in [0, 0.05) is 16.6 Å². The van der Waals surface area contributed by atoms with Gasteiger partial charge >= 0.3 is 5.97 Å². The van der Waals surface area contributed by atoms with Crippen molar-refractivity contribution in [3.8, 4) is 11.8 Å². The molecule has 0 bridgehead atoms. The Balaban J connectivity index is 1.91. The summed E-state index contributed by atoms with van der Waals surface area (Å²) in [6.45, 7) is 4.06. The van der Waals surface area contributed by atoms with E-state index >= 15 is 0 Å². The lowest BCUT2D eigenvalue weighted by molar-refractivity contribution is -0.150. The predicted molar refractivity (Wildman–Crippen MR) is 139 cm³/mol. The highest BCUT2D eigenvalue weighted by atomic mass is 35.5. The van der Waals surface area contributed by atoms with E-state index in [0.717, 1.165) is 17.3 Å². The molecule has 0 aromatic heterocycles. The van der Waals surface area contributed by atoms with Crippen LogP contribution in [0.3, 0.4) is 0 Å². The van der Waals surface area contributed by atoms with Crippen LogP contribution in [0.2, 0.25) is 10.0 Å². The lowest BCUT2D eigenvalue weighted by atomic mass is 9.78. The number of carbonyl (C=O) groups excluding carboxylic acids is 3. The number of rotatable bonds is 8. The maximum absolute atomic E-state index is 13.0. The predicted octanol–water partition coefficient (Wildman–Crippen LogP) is 4.81. The molecule has 2 atom stereocenters. The van der Waals surface area contributed by atoms with E-state index in [1.807, 2.05) is 13.8 Å². The molecule has 2 N–H and O–H groups in total. The van der Waals surface area contributed by atoms with Crippen LogP contribution in [0.25, 0.3) is 0 Å². The summed E-state index contributed by atoms with van der Waals surface area (Å²) in [7, 11) is 1.17. The Morgan fingerprint density at radius 3 is 2.56 bits per heavy atom. The third-order valence-corrected chi connectivity index (χ3v) is 7.12. The number of nitrogens with zero attached hydrogens (tertiary/aromatic N) is 1. The molecular formula is C25H23Cl2N3O5S. The van der Waals surface area contributed by atoms with Gasteiger partial charge in [0.1, 0.15) is 11.7 Å². The van der Waals surface area contributed by atoms with Crippen LogP contribution in [0.5, 0.6) is 5.75 Å². The van der Waals surface area contributed by atoms with Crippen molar-refractivity contribution in [2.24, 2.45) is 5.92 Å². The molecule has 0 unspecified atom stereocenters. The highest BCUT2D eigenvalue weighted by Gasteiger charge is 2.44. The van der Waals surface area contributed by atoms with Gasteiger partial charge in [0.15, 0.2) is 0 Å². The third-order valence-electron chi connectivity index (χ3n) is 5.40. The summed E-state index contributed by atoms with van der Waals surface area (Å²) in [6.07, 6.45) is 0. The Bertz CT molecular complexity index is 1270. The van der Waals surface area contributed by atoms with Crippen molar-refractivity contribution >= 4 is 58.4 Å². The Hall–Kier alpha value is -3.19. The standard InChI is InChI=1S/C25H23Cl2N3O5S/c1-4-35-19-8-6-14(9-18(19)27)21-16(11-28)24(30-23(32)22(21)25(33)34-3)36-12-20(31)29-15-7-5-13(2)17(26)10-15/h5-10,21-22H,4,12H2,1-3H3,(H,29,31)(H,30,32)/t21-,22-/m1/s1. The van der Waals surface area contributed by atoms with Crippen molar-refractivity contribution < 1.29 is 23.9 Å². The maximum atomic E-state index is 13.0. The summed E-state index contributed by atoms with van der Waals surface area (Å²) in [5, 5.41) is 16.3. The molecule has 1 aliphatic rings. The smallest absolute Gasteiger partial charge is 0.319 e. The van der Waals surface area contributed by atoms with Gasteiger partial charge in [-0.25, -0.2) is 0 Å². The summed E-state index contributed by atoms with van der Waals surface area (Å²) in [4.78, 5) is 38.1. The Morgan fingerprint density at radius 1 is 1.19 bits per heavy atom. The minimum absolute atomic E-state index is 0.105. The number of aryl methyl sites for hydroxylation is 1. The molecule has 11 heteroatoms. The second-order valence-corrected chi connectivity index (χ2v) is 9.55. The van der Waals surface area contributed by atoms with Gasteiger partial charge in [0.05, 0.1) is 41.2 Å². The zero-order valence-electron chi connectivity index (χ0n) is 19.7. The molecular weight excluding hydrogens is 525 g/mol. The summed E-state index contributed by atoms with van der Waals surface area (Å²) in [5.41, 5.74) is 1.97. The van der Waals surface area contributed by atoms with Crippen molar-refractivity contribution in [2.45, 2.75) is 19.8 Å². The van der Waals surface area contributed by atoms with E-state index in [9.17, 15) is 19.6 Å². The van der Waals surface area contributed by atoms with E-state index in [2.05, 4.69) is 16.7 Å². The molecule has 8 nitrogen and oxygen atoms in total. The van der Waals surface area contributed by atoms with Crippen molar-refractivity contribution in [3.63, 3.8) is 0 Å². The maximum Gasteiger partial charge on any atom is 0.319 e. The number of thioether (sulfide) groups is 1. The third kappa shape index (κ3) is 6.13. The number of halogens is 2. The van der Waals surface area contributed by atoms with Gasteiger partial charge < -0.3 is 20.1 Å². The van der Waals surface area contributed by atoms with Crippen LogP contribution in [-0.2, 0) is 19.1 Å². The van der Waals surface area contributed by atoms with Crippen molar-refractivity contribution in [1.29, 1.82) is 5.26 Å². The quantitative estimate of drug-likeness (QED) is 0.359. The number of allylic oxidation sites excluding steroid dienone is 1. The number of esters is 1. The molecule has 0 saturated carbocycles. The second-order valence-electron chi connectivity index (χ2n) is 7.75. The molecule has 1 aliphatic heterocycles. The monoisotopic (exact) mass is 547 g/mol. The molecule has 2 amide bonds. The van der Waals surface area contributed by atoms with Gasteiger partial charge in [-0.1, -0.05) is 47.1 Å². The number of hydrogen-bond donors (Lipinski definition) is 2. The summed E-state index contributed by atoms with van der Waals surface area (Å²) >= 11 is 13.4. The lowest BCUT2D eigenvalue weighted by Crippen LogP contribution is -2.44. The molecule has 0 radical (unpaired) electrons. The van der Waals surface area contributed by atoms with E-state index in [1.54, 1.807) is 36.4 Å². The Labute approximate surface area is 222 Å².